The van der Waals surface area contributed by atoms with E-state index in [9.17, 15) is 8.42 Å². The average Bonchev–Trinajstić information content (AvgIpc) is 3.07. The molecule has 1 aromatic carbocycles. The minimum absolute atomic E-state index is 0.0133. The number of rotatable bonds is 5. The van der Waals surface area contributed by atoms with E-state index in [2.05, 4.69) is 20.7 Å². The van der Waals surface area contributed by atoms with Crippen LogP contribution in [0.5, 0.6) is 0 Å². The molecule has 0 atom stereocenters. The van der Waals surface area contributed by atoms with Crippen LogP contribution in [-0.2, 0) is 10.0 Å². The van der Waals surface area contributed by atoms with Gasteiger partial charge < -0.3 is 0 Å². The molecule has 0 spiro atoms. The lowest BCUT2D eigenvalue weighted by atomic mass is 10.1. The molecule has 0 saturated heterocycles. The van der Waals surface area contributed by atoms with Crippen molar-refractivity contribution in [2.75, 3.05) is 12.4 Å². The molecule has 0 amide bonds. The third kappa shape index (κ3) is 3.22. The molecule has 0 unspecified atom stereocenters. The highest BCUT2D eigenvalue weighted by atomic mass is 79.9. The highest BCUT2D eigenvalue weighted by Crippen LogP contribution is 2.46. The first kappa shape index (κ1) is 13.3. The number of hydrogen-bond donors (Lipinski definition) is 1. The molecule has 1 saturated carbocycles. The fourth-order valence-corrected chi connectivity index (χ4v) is 3.62. The van der Waals surface area contributed by atoms with Crippen molar-refractivity contribution in [3.63, 3.8) is 0 Å². The lowest BCUT2D eigenvalue weighted by Gasteiger charge is -2.12. The fraction of sp³-hybridized carbons (Fsp3) is 0.455. The Labute approximate surface area is 115 Å². The van der Waals surface area contributed by atoms with Crippen molar-refractivity contribution in [1.29, 1.82) is 0 Å². The molecule has 0 heterocycles. The number of hydrogen-bond acceptors (Lipinski definition) is 2. The number of halogens is 2. The van der Waals surface area contributed by atoms with Gasteiger partial charge in [0.2, 0.25) is 10.0 Å². The second-order valence-corrected chi connectivity index (χ2v) is 7.37. The van der Waals surface area contributed by atoms with Gasteiger partial charge in [0.1, 0.15) is 0 Å². The van der Waals surface area contributed by atoms with E-state index >= 15 is 0 Å². The molecule has 6 heteroatoms. The lowest BCUT2D eigenvalue weighted by Crippen LogP contribution is -2.31. The molecule has 0 aromatic heterocycles. The van der Waals surface area contributed by atoms with E-state index in [1.807, 2.05) is 0 Å². The summed E-state index contributed by atoms with van der Waals surface area (Å²) >= 11 is 9.07. The third-order valence-electron chi connectivity index (χ3n) is 2.98. The van der Waals surface area contributed by atoms with Crippen LogP contribution >= 0.6 is 27.5 Å². The minimum Gasteiger partial charge on any atom is -0.211 e. The van der Waals surface area contributed by atoms with Crippen LogP contribution in [0.25, 0.3) is 0 Å². The average molecular weight is 339 g/mol. The number of nitrogens with one attached hydrogen (secondary N) is 1. The standard InChI is InChI=1S/C11H13BrClNO2S/c12-9-2-1-3-10(6-9)17(15,16)14-8-11(7-13)4-5-11/h1-3,6,14H,4-5,7-8H2. The van der Waals surface area contributed by atoms with E-state index in [1.54, 1.807) is 24.3 Å². The molecule has 1 aromatic rings. The maximum Gasteiger partial charge on any atom is 0.240 e. The molecule has 0 radical (unpaired) electrons. The van der Waals surface area contributed by atoms with Crippen LogP contribution in [-0.4, -0.2) is 20.8 Å². The van der Waals surface area contributed by atoms with E-state index in [0.717, 1.165) is 17.3 Å². The maximum atomic E-state index is 12.0. The van der Waals surface area contributed by atoms with Crippen LogP contribution in [0, 0.1) is 5.41 Å². The monoisotopic (exact) mass is 337 g/mol. The summed E-state index contributed by atoms with van der Waals surface area (Å²) in [6.07, 6.45) is 2.00. The van der Waals surface area contributed by atoms with Crippen LogP contribution in [0.15, 0.2) is 33.6 Å². The van der Waals surface area contributed by atoms with Crippen molar-refractivity contribution in [3.8, 4) is 0 Å². The van der Waals surface area contributed by atoms with Gasteiger partial charge in [-0.25, -0.2) is 13.1 Å². The van der Waals surface area contributed by atoms with Gasteiger partial charge in [-0.1, -0.05) is 22.0 Å². The Morgan fingerprint density at radius 3 is 2.65 bits per heavy atom. The molecule has 94 valence electrons. The summed E-state index contributed by atoms with van der Waals surface area (Å²) in [6, 6.07) is 6.66. The SMILES string of the molecule is O=S(=O)(NCC1(CCl)CC1)c1cccc(Br)c1. The first-order chi connectivity index (χ1) is 7.97. The van der Waals surface area contributed by atoms with E-state index in [4.69, 9.17) is 11.6 Å². The van der Waals surface area contributed by atoms with Gasteiger partial charge >= 0.3 is 0 Å². The van der Waals surface area contributed by atoms with Gasteiger partial charge in [0.15, 0.2) is 0 Å². The Hall–Kier alpha value is -0.100. The molecular weight excluding hydrogens is 326 g/mol. The second-order valence-electron chi connectivity index (χ2n) is 4.42. The summed E-state index contributed by atoms with van der Waals surface area (Å²) in [6.45, 7) is 0.422. The van der Waals surface area contributed by atoms with E-state index in [1.165, 1.54) is 0 Å². The Morgan fingerprint density at radius 1 is 1.41 bits per heavy atom. The fourth-order valence-electron chi connectivity index (χ4n) is 1.50. The minimum atomic E-state index is -3.42. The van der Waals surface area contributed by atoms with Crippen LogP contribution < -0.4 is 4.72 Å². The van der Waals surface area contributed by atoms with Gasteiger partial charge in [-0.05, 0) is 36.5 Å². The van der Waals surface area contributed by atoms with Crippen LogP contribution in [0.3, 0.4) is 0 Å². The van der Waals surface area contributed by atoms with Crippen LogP contribution in [0.1, 0.15) is 12.8 Å². The zero-order valence-electron chi connectivity index (χ0n) is 9.12. The molecule has 1 aliphatic carbocycles. The lowest BCUT2D eigenvalue weighted by molar-refractivity contribution is 0.534. The first-order valence-electron chi connectivity index (χ1n) is 5.29. The number of sulfonamides is 1. The second kappa shape index (κ2) is 4.88. The van der Waals surface area contributed by atoms with Gasteiger partial charge in [0.25, 0.3) is 0 Å². The van der Waals surface area contributed by atoms with Crippen molar-refractivity contribution in [3.05, 3.63) is 28.7 Å². The normalized spacial score (nSPS) is 18.0. The quantitative estimate of drug-likeness (QED) is 0.839. The third-order valence-corrected chi connectivity index (χ3v) is 5.44. The molecule has 2 rings (SSSR count). The van der Waals surface area contributed by atoms with Gasteiger partial charge in [0, 0.05) is 16.9 Å². The highest BCUT2D eigenvalue weighted by Gasteiger charge is 2.42. The van der Waals surface area contributed by atoms with E-state index in [0.29, 0.717) is 12.4 Å². The van der Waals surface area contributed by atoms with Crippen molar-refractivity contribution in [1.82, 2.24) is 4.72 Å². The van der Waals surface area contributed by atoms with Crippen molar-refractivity contribution in [2.45, 2.75) is 17.7 Å². The molecule has 0 bridgehead atoms. The smallest absolute Gasteiger partial charge is 0.211 e. The van der Waals surface area contributed by atoms with Crippen LogP contribution in [0.4, 0.5) is 0 Å². The van der Waals surface area contributed by atoms with Gasteiger partial charge in [0.05, 0.1) is 4.90 Å². The summed E-state index contributed by atoms with van der Waals surface area (Å²) in [4.78, 5) is 0.275. The summed E-state index contributed by atoms with van der Waals surface area (Å²) in [5, 5.41) is 0. The Kier molecular flexibility index (Phi) is 3.83. The number of alkyl halides is 1. The van der Waals surface area contributed by atoms with Crippen molar-refractivity contribution >= 4 is 37.6 Å². The summed E-state index contributed by atoms with van der Waals surface area (Å²) < 4.78 is 27.4. The van der Waals surface area contributed by atoms with Crippen molar-refractivity contribution in [2.24, 2.45) is 5.41 Å². The first-order valence-corrected chi connectivity index (χ1v) is 8.10. The Morgan fingerprint density at radius 2 is 2.12 bits per heavy atom. The topological polar surface area (TPSA) is 46.2 Å². The van der Waals surface area contributed by atoms with Crippen molar-refractivity contribution < 1.29 is 8.42 Å². The van der Waals surface area contributed by atoms with Gasteiger partial charge in [-0.3, -0.25) is 0 Å². The number of benzene rings is 1. The van der Waals surface area contributed by atoms with E-state index < -0.39 is 10.0 Å². The van der Waals surface area contributed by atoms with Gasteiger partial charge in [-0.15, -0.1) is 11.6 Å². The summed E-state index contributed by atoms with van der Waals surface area (Å²) in [5.41, 5.74) is -0.0133. The van der Waals surface area contributed by atoms with Crippen LogP contribution in [0.2, 0.25) is 0 Å². The summed E-state index contributed by atoms with van der Waals surface area (Å²) in [5.74, 6) is 0.508. The summed E-state index contributed by atoms with van der Waals surface area (Å²) in [7, 11) is -3.42. The molecule has 1 fully saturated rings. The largest absolute Gasteiger partial charge is 0.240 e. The Bertz CT molecular complexity index is 514. The predicted octanol–water partition coefficient (Wildman–Crippen LogP) is 2.75. The zero-order valence-corrected chi connectivity index (χ0v) is 12.3. The predicted molar refractivity (Wildman–Crippen MR) is 71.7 cm³/mol. The molecular formula is C11H13BrClNO2S. The van der Waals surface area contributed by atoms with E-state index in [-0.39, 0.29) is 10.3 Å². The molecule has 17 heavy (non-hydrogen) atoms. The highest BCUT2D eigenvalue weighted by molar-refractivity contribution is 9.10. The zero-order chi connectivity index (χ0) is 12.5. The molecule has 1 aliphatic rings. The molecule has 1 N–H and O–H groups in total. The molecule has 3 nitrogen and oxygen atoms in total. The maximum absolute atomic E-state index is 12.0. The molecule has 0 aliphatic heterocycles. The Balaban J connectivity index is 2.09. The van der Waals surface area contributed by atoms with Gasteiger partial charge in [-0.2, -0.15) is 0 Å².